The molecule has 0 amide bonds. The number of nitrogens with one attached hydrogen (secondary N) is 2. The van der Waals surface area contributed by atoms with Crippen LogP contribution in [0.3, 0.4) is 0 Å². The number of benzene rings is 1. The minimum atomic E-state index is -4.34. The third-order valence-electron chi connectivity index (χ3n) is 4.04. The van der Waals surface area contributed by atoms with Crippen molar-refractivity contribution in [3.05, 3.63) is 24.3 Å². The van der Waals surface area contributed by atoms with Gasteiger partial charge < -0.3 is 25.7 Å². The first kappa shape index (κ1) is 24.7. The zero-order valence-corrected chi connectivity index (χ0v) is 18.0. The summed E-state index contributed by atoms with van der Waals surface area (Å²) in [5.41, 5.74) is 0.415. The molecule has 2 aromatic rings. The highest BCUT2D eigenvalue weighted by Gasteiger charge is 2.17. The van der Waals surface area contributed by atoms with Gasteiger partial charge in [-0.3, -0.25) is 14.1 Å². The summed E-state index contributed by atoms with van der Waals surface area (Å²) in [5, 5.41) is 23.9. The highest BCUT2D eigenvalue weighted by Crippen LogP contribution is 2.20. The fourth-order valence-corrected chi connectivity index (χ4v) is 2.97. The number of aliphatic carboxylic acids is 2. The Morgan fingerprint density at radius 1 is 0.969 bits per heavy atom. The topological polar surface area (TPSA) is 195 Å². The molecule has 13 nitrogen and oxygen atoms in total. The van der Waals surface area contributed by atoms with Crippen molar-refractivity contribution < 1.29 is 32.8 Å². The Kier molecular flexibility index (Phi) is 8.66. The molecule has 0 unspecified atom stereocenters. The second-order valence-corrected chi connectivity index (χ2v) is 8.03. The summed E-state index contributed by atoms with van der Waals surface area (Å²) in [4.78, 5) is 35.9. The molecule has 0 radical (unpaired) electrons. The number of carbonyl (C=O) groups is 2. The molecule has 0 fully saturated rings. The molecule has 0 saturated carbocycles. The summed E-state index contributed by atoms with van der Waals surface area (Å²) < 4.78 is 31.5. The molecule has 1 aromatic heterocycles. The van der Waals surface area contributed by atoms with E-state index in [0.29, 0.717) is 12.2 Å². The van der Waals surface area contributed by atoms with E-state index in [-0.39, 0.29) is 48.7 Å². The number of carboxylic acid groups (broad SMARTS) is 2. The molecule has 14 heteroatoms. The van der Waals surface area contributed by atoms with Gasteiger partial charge in [0.2, 0.25) is 17.8 Å². The lowest BCUT2D eigenvalue weighted by atomic mass is 10.3. The lowest BCUT2D eigenvalue weighted by Crippen LogP contribution is -2.31. The average molecular weight is 468 g/mol. The lowest BCUT2D eigenvalue weighted by molar-refractivity contribution is -0.137. The van der Waals surface area contributed by atoms with E-state index < -0.39 is 22.1 Å². The normalized spacial score (nSPS) is 11.1. The molecule has 0 aliphatic rings. The van der Waals surface area contributed by atoms with E-state index in [1.54, 1.807) is 0 Å². The summed E-state index contributed by atoms with van der Waals surface area (Å²) in [5.74, 6) is -1.76. The van der Waals surface area contributed by atoms with Crippen LogP contribution in [0.1, 0.15) is 26.2 Å². The maximum Gasteiger partial charge on any atom is 0.305 e. The van der Waals surface area contributed by atoms with Gasteiger partial charge in [0, 0.05) is 25.3 Å². The molecule has 0 aliphatic carbocycles. The van der Waals surface area contributed by atoms with Crippen molar-refractivity contribution in [3.63, 3.8) is 0 Å². The fraction of sp³-hybridized carbons (Fsp3) is 0.389. The zero-order valence-electron chi connectivity index (χ0n) is 17.2. The van der Waals surface area contributed by atoms with Crippen LogP contribution in [0, 0.1) is 0 Å². The van der Waals surface area contributed by atoms with Crippen LogP contribution in [0.5, 0.6) is 0 Å². The van der Waals surface area contributed by atoms with Crippen LogP contribution < -0.4 is 15.5 Å². The van der Waals surface area contributed by atoms with E-state index in [0.717, 1.165) is 6.42 Å². The van der Waals surface area contributed by atoms with Crippen LogP contribution >= 0.6 is 0 Å². The minimum Gasteiger partial charge on any atom is -0.481 e. The number of carboxylic acids is 2. The van der Waals surface area contributed by atoms with Crippen molar-refractivity contribution in [2.45, 2.75) is 31.1 Å². The fourth-order valence-electron chi connectivity index (χ4n) is 2.49. The summed E-state index contributed by atoms with van der Waals surface area (Å²) in [6.07, 6.45) is 0.286. The second-order valence-electron chi connectivity index (χ2n) is 6.61. The number of rotatable bonds is 13. The number of anilines is 4. The summed E-state index contributed by atoms with van der Waals surface area (Å²) in [6.45, 7) is 2.47. The van der Waals surface area contributed by atoms with E-state index in [2.05, 4.69) is 25.6 Å². The summed E-state index contributed by atoms with van der Waals surface area (Å²) in [6, 6.07) is 5.20. The number of hydrogen-bond acceptors (Lipinski definition) is 10. The molecule has 0 spiro atoms. The van der Waals surface area contributed by atoms with Crippen molar-refractivity contribution in [2.24, 2.45) is 0 Å². The van der Waals surface area contributed by atoms with Crippen molar-refractivity contribution in [3.8, 4) is 0 Å². The van der Waals surface area contributed by atoms with E-state index in [1.165, 1.54) is 29.2 Å². The van der Waals surface area contributed by atoms with Crippen LogP contribution in [-0.2, 0) is 19.7 Å². The van der Waals surface area contributed by atoms with Crippen molar-refractivity contribution in [1.82, 2.24) is 15.0 Å². The largest absolute Gasteiger partial charge is 0.481 e. The maximum atomic E-state index is 11.2. The Balaban J connectivity index is 2.35. The first-order valence-electron chi connectivity index (χ1n) is 9.61. The Bertz CT molecular complexity index is 1030. The van der Waals surface area contributed by atoms with Crippen molar-refractivity contribution >= 4 is 45.6 Å². The van der Waals surface area contributed by atoms with Crippen LogP contribution in [0.15, 0.2) is 29.2 Å². The third-order valence-corrected chi connectivity index (χ3v) is 4.91. The SMILES string of the molecule is CCCNc1nc(Nc2ccc(S(=O)(=O)O)cc2)nc(N(CCC(=O)O)CCC(=O)O)n1. The molecule has 1 heterocycles. The zero-order chi connectivity index (χ0) is 23.7. The number of nitrogens with zero attached hydrogens (tertiary/aromatic N) is 4. The molecular weight excluding hydrogens is 444 g/mol. The van der Waals surface area contributed by atoms with Crippen molar-refractivity contribution in [1.29, 1.82) is 0 Å². The molecule has 5 N–H and O–H groups in total. The molecule has 0 atom stereocenters. The van der Waals surface area contributed by atoms with E-state index in [4.69, 9.17) is 14.8 Å². The Labute approximate surface area is 184 Å². The molecule has 0 aliphatic heterocycles. The van der Waals surface area contributed by atoms with Gasteiger partial charge in [-0.05, 0) is 30.7 Å². The third kappa shape index (κ3) is 7.96. The van der Waals surface area contributed by atoms with Crippen LogP contribution in [0.25, 0.3) is 0 Å². The maximum absolute atomic E-state index is 11.2. The first-order valence-corrected chi connectivity index (χ1v) is 11.1. The quantitative estimate of drug-likeness (QED) is 0.265. The van der Waals surface area contributed by atoms with Gasteiger partial charge in [0.1, 0.15) is 0 Å². The lowest BCUT2D eigenvalue weighted by Gasteiger charge is -2.22. The van der Waals surface area contributed by atoms with Crippen molar-refractivity contribution in [2.75, 3.05) is 35.2 Å². The van der Waals surface area contributed by atoms with Gasteiger partial charge in [-0.1, -0.05) is 6.92 Å². The van der Waals surface area contributed by atoms with Crippen LogP contribution in [0.4, 0.5) is 23.5 Å². The van der Waals surface area contributed by atoms with Gasteiger partial charge in [-0.25, -0.2) is 0 Å². The number of hydrogen-bond donors (Lipinski definition) is 5. The Morgan fingerprint density at radius 3 is 2.03 bits per heavy atom. The highest BCUT2D eigenvalue weighted by atomic mass is 32.2. The van der Waals surface area contributed by atoms with E-state index in [9.17, 15) is 18.0 Å². The standard InChI is InChI=1S/C18H24N6O7S/c1-2-9-19-16-21-17(20-12-3-5-13(6-4-12)32(29,30)31)23-18(22-16)24(10-7-14(25)26)11-8-15(27)28/h3-6H,2,7-11H2,1H3,(H,25,26)(H,27,28)(H,29,30,31)(H2,19,20,21,22,23). The van der Waals surface area contributed by atoms with Gasteiger partial charge in [-0.2, -0.15) is 23.4 Å². The average Bonchev–Trinajstić information content (AvgIpc) is 2.71. The summed E-state index contributed by atoms with van der Waals surface area (Å²) in [7, 11) is -4.34. The molecule has 0 bridgehead atoms. The summed E-state index contributed by atoms with van der Waals surface area (Å²) >= 11 is 0. The van der Waals surface area contributed by atoms with Gasteiger partial charge >= 0.3 is 11.9 Å². The molecule has 174 valence electrons. The van der Waals surface area contributed by atoms with E-state index in [1.807, 2.05) is 6.92 Å². The van der Waals surface area contributed by atoms with Gasteiger partial charge in [-0.15, -0.1) is 0 Å². The predicted molar refractivity (Wildman–Crippen MR) is 115 cm³/mol. The minimum absolute atomic E-state index is 0.0116. The smallest absolute Gasteiger partial charge is 0.305 e. The predicted octanol–water partition coefficient (Wildman–Crippen LogP) is 1.44. The Morgan fingerprint density at radius 2 is 1.53 bits per heavy atom. The van der Waals surface area contributed by atoms with E-state index >= 15 is 0 Å². The van der Waals surface area contributed by atoms with Gasteiger partial charge in [0.25, 0.3) is 10.1 Å². The molecule has 0 saturated heterocycles. The highest BCUT2D eigenvalue weighted by molar-refractivity contribution is 7.85. The van der Waals surface area contributed by atoms with Gasteiger partial charge in [0.15, 0.2) is 0 Å². The number of aromatic nitrogens is 3. The molecule has 1 aromatic carbocycles. The molecule has 2 rings (SSSR count). The van der Waals surface area contributed by atoms with Crippen LogP contribution in [-0.4, -0.2) is 69.7 Å². The monoisotopic (exact) mass is 468 g/mol. The molecular formula is C18H24N6O7S. The van der Waals surface area contributed by atoms with Crippen LogP contribution in [0.2, 0.25) is 0 Å². The molecule has 32 heavy (non-hydrogen) atoms. The van der Waals surface area contributed by atoms with Gasteiger partial charge in [0.05, 0.1) is 17.7 Å². The Hall–Kier alpha value is -3.52. The second kappa shape index (κ2) is 11.2. The first-order chi connectivity index (χ1) is 15.1.